The van der Waals surface area contributed by atoms with Crippen LogP contribution in [0, 0.1) is 11.8 Å². The van der Waals surface area contributed by atoms with E-state index < -0.39 is 5.60 Å². The Hall–Kier alpha value is -0.610. The number of hydroxylamine groups is 2. The fourth-order valence-electron chi connectivity index (χ4n) is 3.23. The van der Waals surface area contributed by atoms with Crippen LogP contribution in [0.3, 0.4) is 0 Å². The summed E-state index contributed by atoms with van der Waals surface area (Å²) in [5, 5.41) is 1.94. The molecule has 0 aromatic carbocycles. The van der Waals surface area contributed by atoms with Crippen LogP contribution in [0.1, 0.15) is 19.3 Å². The van der Waals surface area contributed by atoms with Crippen molar-refractivity contribution in [2.24, 2.45) is 17.6 Å². The van der Waals surface area contributed by atoms with Crippen LogP contribution in [-0.2, 0) is 9.63 Å². The molecule has 0 aromatic rings. The van der Waals surface area contributed by atoms with Gasteiger partial charge >= 0.3 is 0 Å². The van der Waals surface area contributed by atoms with Crippen molar-refractivity contribution in [3.05, 3.63) is 0 Å². The number of nitrogens with zero attached hydrogens (tertiary/aromatic N) is 1. The summed E-state index contributed by atoms with van der Waals surface area (Å²) in [6.07, 6.45) is 2.94. The molecule has 3 saturated heterocycles. The van der Waals surface area contributed by atoms with E-state index in [-0.39, 0.29) is 5.91 Å². The number of carbonyl (C=O) groups is 1. The molecule has 4 nitrogen and oxygen atoms in total. The number of rotatable bonds is 1. The molecule has 0 aromatic heterocycles. The molecule has 1 amide bonds. The highest BCUT2D eigenvalue weighted by molar-refractivity contribution is 5.83. The fraction of sp³-hybridized carbons (Fsp3) is 0.889. The van der Waals surface area contributed by atoms with E-state index in [1.807, 2.05) is 5.06 Å². The maximum Gasteiger partial charge on any atom is 0.251 e. The van der Waals surface area contributed by atoms with Gasteiger partial charge in [0.25, 0.3) is 5.91 Å². The monoisotopic (exact) mass is 182 g/mol. The SMILES string of the molecule is NC(=O)C12CC3CC(CN(C3)O1)C2. The average molecular weight is 182 g/mol. The zero-order valence-corrected chi connectivity index (χ0v) is 7.53. The normalized spacial score (nSPS) is 52.5. The van der Waals surface area contributed by atoms with Crippen molar-refractivity contribution < 1.29 is 9.63 Å². The molecule has 2 unspecified atom stereocenters. The van der Waals surface area contributed by atoms with Crippen molar-refractivity contribution in [1.82, 2.24) is 5.06 Å². The number of hydrogen-bond acceptors (Lipinski definition) is 3. The van der Waals surface area contributed by atoms with Gasteiger partial charge in [-0.2, -0.15) is 5.06 Å². The summed E-state index contributed by atoms with van der Waals surface area (Å²) in [6, 6.07) is 0. The summed E-state index contributed by atoms with van der Waals surface area (Å²) in [4.78, 5) is 17.0. The fourth-order valence-corrected chi connectivity index (χ4v) is 3.23. The second kappa shape index (κ2) is 2.25. The van der Waals surface area contributed by atoms with E-state index in [9.17, 15) is 4.79 Å². The number of nitrogens with two attached hydrogens (primary N) is 1. The average Bonchev–Trinajstić information content (AvgIpc) is 2.00. The van der Waals surface area contributed by atoms with E-state index >= 15 is 0 Å². The zero-order chi connectivity index (χ0) is 9.05. The molecule has 4 fully saturated rings. The molecule has 4 bridgehead atoms. The van der Waals surface area contributed by atoms with Crippen LogP contribution in [0.25, 0.3) is 0 Å². The lowest BCUT2D eigenvalue weighted by Gasteiger charge is -2.55. The molecule has 1 saturated carbocycles. The van der Waals surface area contributed by atoms with Gasteiger partial charge in [-0.05, 0) is 31.1 Å². The topological polar surface area (TPSA) is 55.6 Å². The largest absolute Gasteiger partial charge is 0.367 e. The van der Waals surface area contributed by atoms with Gasteiger partial charge in [0.1, 0.15) is 0 Å². The summed E-state index contributed by atoms with van der Waals surface area (Å²) in [5.74, 6) is 0.995. The predicted molar refractivity (Wildman–Crippen MR) is 45.4 cm³/mol. The van der Waals surface area contributed by atoms with Gasteiger partial charge in [-0.25, -0.2) is 0 Å². The van der Waals surface area contributed by atoms with Gasteiger partial charge in [0.05, 0.1) is 0 Å². The quantitative estimate of drug-likeness (QED) is 0.615. The highest BCUT2D eigenvalue weighted by Gasteiger charge is 2.55. The first-order valence-electron chi connectivity index (χ1n) is 4.92. The van der Waals surface area contributed by atoms with Gasteiger partial charge in [0, 0.05) is 13.1 Å². The van der Waals surface area contributed by atoms with Gasteiger partial charge in [-0.3, -0.25) is 9.63 Å². The smallest absolute Gasteiger partial charge is 0.251 e. The van der Waals surface area contributed by atoms with Gasteiger partial charge < -0.3 is 5.73 Å². The molecular formula is C9H14N2O2. The number of amides is 1. The maximum absolute atomic E-state index is 11.3. The molecule has 72 valence electrons. The maximum atomic E-state index is 11.3. The third-order valence-electron chi connectivity index (χ3n) is 3.58. The lowest BCUT2D eigenvalue weighted by Crippen LogP contribution is -2.65. The molecule has 3 aliphatic heterocycles. The van der Waals surface area contributed by atoms with Gasteiger partial charge in [0.2, 0.25) is 0 Å². The second-order valence-electron chi connectivity index (χ2n) is 4.67. The van der Waals surface area contributed by atoms with E-state index in [1.54, 1.807) is 0 Å². The van der Waals surface area contributed by atoms with Crippen LogP contribution in [0.2, 0.25) is 0 Å². The van der Waals surface area contributed by atoms with Crippen molar-refractivity contribution in [2.45, 2.75) is 24.9 Å². The van der Waals surface area contributed by atoms with Crippen molar-refractivity contribution in [1.29, 1.82) is 0 Å². The Labute approximate surface area is 77.0 Å². The summed E-state index contributed by atoms with van der Waals surface area (Å²) < 4.78 is 0. The van der Waals surface area contributed by atoms with Crippen LogP contribution in [0.4, 0.5) is 0 Å². The molecular weight excluding hydrogens is 168 g/mol. The first-order chi connectivity index (χ1) is 6.18. The molecule has 3 heterocycles. The Morgan fingerprint density at radius 1 is 1.38 bits per heavy atom. The molecule has 4 heteroatoms. The summed E-state index contributed by atoms with van der Waals surface area (Å²) in [6.45, 7) is 1.98. The van der Waals surface area contributed by atoms with E-state index in [2.05, 4.69) is 0 Å². The molecule has 0 radical (unpaired) electrons. The summed E-state index contributed by atoms with van der Waals surface area (Å²) in [7, 11) is 0. The highest BCUT2D eigenvalue weighted by Crippen LogP contribution is 2.47. The van der Waals surface area contributed by atoms with Crippen LogP contribution in [0.15, 0.2) is 0 Å². The molecule has 2 atom stereocenters. The number of hydrogen-bond donors (Lipinski definition) is 1. The summed E-state index contributed by atoms with van der Waals surface area (Å²) in [5.41, 5.74) is 4.77. The van der Waals surface area contributed by atoms with E-state index in [4.69, 9.17) is 10.6 Å². The molecule has 1 aliphatic carbocycles. The minimum atomic E-state index is -0.635. The van der Waals surface area contributed by atoms with Crippen LogP contribution < -0.4 is 5.73 Å². The molecule has 4 aliphatic rings. The van der Waals surface area contributed by atoms with Crippen LogP contribution in [-0.4, -0.2) is 29.7 Å². The van der Waals surface area contributed by atoms with E-state index in [0.29, 0.717) is 11.8 Å². The standard InChI is InChI=1S/C9H14N2O2/c10-8(12)9-2-6-1-7(3-9)5-11(4-6)13-9/h6-7H,1-5H2,(H2,10,12). The minimum absolute atomic E-state index is 0.272. The van der Waals surface area contributed by atoms with Gasteiger partial charge in [-0.1, -0.05) is 0 Å². The van der Waals surface area contributed by atoms with Crippen molar-refractivity contribution >= 4 is 5.91 Å². The van der Waals surface area contributed by atoms with E-state index in [0.717, 1.165) is 25.9 Å². The van der Waals surface area contributed by atoms with Gasteiger partial charge in [-0.15, -0.1) is 0 Å². The Morgan fingerprint density at radius 2 is 2.00 bits per heavy atom. The van der Waals surface area contributed by atoms with Crippen molar-refractivity contribution in [3.8, 4) is 0 Å². The zero-order valence-electron chi connectivity index (χ0n) is 7.53. The number of piperidine rings is 1. The molecule has 13 heavy (non-hydrogen) atoms. The number of carbonyl (C=O) groups excluding carboxylic acids is 1. The third kappa shape index (κ3) is 0.957. The summed E-state index contributed by atoms with van der Waals surface area (Å²) >= 11 is 0. The van der Waals surface area contributed by atoms with E-state index in [1.165, 1.54) is 6.42 Å². The molecule has 4 rings (SSSR count). The first-order valence-corrected chi connectivity index (χ1v) is 4.92. The van der Waals surface area contributed by atoms with Crippen LogP contribution >= 0.6 is 0 Å². The van der Waals surface area contributed by atoms with Crippen molar-refractivity contribution in [2.75, 3.05) is 13.1 Å². The number of primary amides is 1. The predicted octanol–water partition coefficient (Wildman–Crippen LogP) is -0.112. The minimum Gasteiger partial charge on any atom is -0.367 e. The van der Waals surface area contributed by atoms with Crippen molar-refractivity contribution in [3.63, 3.8) is 0 Å². The van der Waals surface area contributed by atoms with Gasteiger partial charge in [0.15, 0.2) is 5.60 Å². The highest BCUT2D eigenvalue weighted by atomic mass is 16.7. The molecule has 2 N–H and O–H groups in total. The Bertz CT molecular complexity index is 229. The Balaban J connectivity index is 1.95. The Morgan fingerprint density at radius 3 is 2.46 bits per heavy atom. The lowest BCUT2D eigenvalue weighted by atomic mass is 9.68. The Kier molecular flexibility index (Phi) is 1.34. The first kappa shape index (κ1) is 7.76. The second-order valence-corrected chi connectivity index (χ2v) is 4.67. The third-order valence-corrected chi connectivity index (χ3v) is 3.58. The molecule has 0 spiro atoms. The van der Waals surface area contributed by atoms with Crippen LogP contribution in [0.5, 0.6) is 0 Å². The lowest BCUT2D eigenvalue weighted by molar-refractivity contribution is -0.326.